The molecule has 112 valence electrons. The minimum absolute atomic E-state index is 0.0855. The van der Waals surface area contributed by atoms with E-state index in [9.17, 15) is 4.79 Å². The van der Waals surface area contributed by atoms with E-state index >= 15 is 0 Å². The Morgan fingerprint density at radius 3 is 2.59 bits per heavy atom. The zero-order valence-electron chi connectivity index (χ0n) is 11.4. The molecule has 2 aromatic rings. The molecule has 3 rings (SSSR count). The van der Waals surface area contributed by atoms with Crippen LogP contribution in [0.15, 0.2) is 58.5 Å². The average Bonchev–Trinajstić information content (AvgIpc) is 2.53. The molecule has 1 heterocycles. The van der Waals surface area contributed by atoms with Crippen LogP contribution in [0.3, 0.4) is 0 Å². The minimum Gasteiger partial charge on any atom is -0.272 e. The third kappa shape index (κ3) is 3.46. The molecule has 1 atom stereocenters. The Kier molecular flexibility index (Phi) is 4.71. The van der Waals surface area contributed by atoms with Crippen LogP contribution in [0.1, 0.15) is 12.0 Å². The summed E-state index contributed by atoms with van der Waals surface area (Å²) in [6, 6.07) is 15.2. The van der Waals surface area contributed by atoms with Crippen LogP contribution >= 0.6 is 35.0 Å². The number of hydrogen-bond acceptors (Lipinski definition) is 3. The van der Waals surface area contributed by atoms with Crippen LogP contribution in [-0.2, 0) is 4.79 Å². The molecule has 0 saturated carbocycles. The Bertz CT molecular complexity index is 734. The number of rotatable bonds is 3. The quantitative estimate of drug-likeness (QED) is 0.892. The lowest BCUT2D eigenvalue weighted by molar-refractivity contribution is -0.120. The number of benzene rings is 2. The largest absolute Gasteiger partial charge is 0.272 e. The molecule has 2 aromatic carbocycles. The maximum atomic E-state index is 12.0. The van der Waals surface area contributed by atoms with Crippen LogP contribution in [-0.4, -0.2) is 16.9 Å². The van der Waals surface area contributed by atoms with Gasteiger partial charge in [-0.3, -0.25) is 4.79 Å². The second-order valence-electron chi connectivity index (χ2n) is 4.79. The summed E-state index contributed by atoms with van der Waals surface area (Å²) in [6.45, 7) is 0. The van der Waals surface area contributed by atoms with Gasteiger partial charge in [0.1, 0.15) is 0 Å². The van der Waals surface area contributed by atoms with Crippen molar-refractivity contribution < 1.29 is 4.79 Å². The predicted octanol–water partition coefficient (Wildman–Crippen LogP) is 4.38. The standard InChI is InChI=1S/C16H12Cl2N2OS/c17-12-7-6-10(8-13(12)18)14-9-15(16(21)20-19-14)22-11-4-2-1-3-5-11/h1-8,15H,9H2,(H,20,21). The van der Waals surface area contributed by atoms with Gasteiger partial charge in [-0.25, -0.2) is 5.43 Å². The first-order chi connectivity index (χ1) is 10.6. The SMILES string of the molecule is O=C1NN=C(c2ccc(Cl)c(Cl)c2)CC1Sc1ccccc1. The van der Waals surface area contributed by atoms with Gasteiger partial charge in [0, 0.05) is 11.3 Å². The molecule has 0 radical (unpaired) electrons. The van der Waals surface area contributed by atoms with Gasteiger partial charge in [-0.05, 0) is 29.8 Å². The summed E-state index contributed by atoms with van der Waals surface area (Å²) < 4.78 is 0. The molecule has 0 aliphatic carbocycles. The van der Waals surface area contributed by atoms with Gasteiger partial charge in [0.2, 0.25) is 0 Å². The molecule has 1 aliphatic heterocycles. The molecule has 0 bridgehead atoms. The lowest BCUT2D eigenvalue weighted by Crippen LogP contribution is -2.36. The van der Waals surface area contributed by atoms with Crippen LogP contribution in [0, 0.1) is 0 Å². The zero-order chi connectivity index (χ0) is 15.5. The van der Waals surface area contributed by atoms with Crippen molar-refractivity contribution in [3.05, 3.63) is 64.1 Å². The second kappa shape index (κ2) is 6.73. The van der Waals surface area contributed by atoms with E-state index in [2.05, 4.69) is 10.5 Å². The van der Waals surface area contributed by atoms with E-state index in [0.717, 1.165) is 16.2 Å². The summed E-state index contributed by atoms with van der Waals surface area (Å²) in [4.78, 5) is 13.1. The molecule has 1 amide bonds. The highest BCUT2D eigenvalue weighted by atomic mass is 35.5. The van der Waals surface area contributed by atoms with Crippen LogP contribution in [0.2, 0.25) is 10.0 Å². The first-order valence-electron chi connectivity index (χ1n) is 6.67. The van der Waals surface area contributed by atoms with Crippen LogP contribution in [0.5, 0.6) is 0 Å². The first-order valence-corrected chi connectivity index (χ1v) is 8.30. The van der Waals surface area contributed by atoms with Crippen molar-refractivity contribution in [2.45, 2.75) is 16.6 Å². The van der Waals surface area contributed by atoms with Crippen molar-refractivity contribution >= 4 is 46.6 Å². The van der Waals surface area contributed by atoms with Crippen LogP contribution in [0.4, 0.5) is 0 Å². The van der Waals surface area contributed by atoms with Crippen molar-refractivity contribution in [1.82, 2.24) is 5.43 Å². The molecule has 0 fully saturated rings. The van der Waals surface area contributed by atoms with Gasteiger partial charge in [0.15, 0.2) is 0 Å². The Morgan fingerprint density at radius 2 is 1.86 bits per heavy atom. The van der Waals surface area contributed by atoms with Gasteiger partial charge in [-0.15, -0.1) is 11.8 Å². The summed E-state index contributed by atoms with van der Waals surface area (Å²) in [6.07, 6.45) is 0.545. The Hall–Kier alpha value is -1.49. The number of carbonyl (C=O) groups is 1. The number of nitrogens with one attached hydrogen (secondary N) is 1. The number of nitrogens with zero attached hydrogens (tertiary/aromatic N) is 1. The van der Waals surface area contributed by atoms with E-state index in [1.807, 2.05) is 36.4 Å². The van der Waals surface area contributed by atoms with Gasteiger partial charge >= 0.3 is 0 Å². The number of amides is 1. The highest BCUT2D eigenvalue weighted by molar-refractivity contribution is 8.00. The van der Waals surface area contributed by atoms with Crippen molar-refractivity contribution in [2.75, 3.05) is 0 Å². The van der Waals surface area contributed by atoms with Gasteiger partial charge in [0.25, 0.3) is 5.91 Å². The molecular formula is C16H12Cl2N2OS. The molecule has 1 N–H and O–H groups in total. The third-order valence-corrected chi connectivity index (χ3v) is 5.20. The minimum atomic E-state index is -0.218. The molecule has 1 unspecified atom stereocenters. The molecule has 0 spiro atoms. The molecule has 1 aliphatic rings. The second-order valence-corrected chi connectivity index (χ2v) is 6.88. The van der Waals surface area contributed by atoms with Gasteiger partial charge in [0.05, 0.1) is 21.0 Å². The lowest BCUT2D eigenvalue weighted by Gasteiger charge is -2.21. The topological polar surface area (TPSA) is 41.5 Å². The molecule has 6 heteroatoms. The fourth-order valence-electron chi connectivity index (χ4n) is 2.13. The number of hydrazone groups is 1. The van der Waals surface area contributed by atoms with Crippen molar-refractivity contribution in [3.63, 3.8) is 0 Å². The van der Waals surface area contributed by atoms with Gasteiger partial charge in [-0.1, -0.05) is 47.5 Å². The number of halogens is 2. The highest BCUT2D eigenvalue weighted by Gasteiger charge is 2.26. The monoisotopic (exact) mass is 350 g/mol. The van der Waals surface area contributed by atoms with E-state index in [4.69, 9.17) is 23.2 Å². The normalized spacial score (nSPS) is 17.8. The fraction of sp³-hybridized carbons (Fsp3) is 0.125. The molecule has 22 heavy (non-hydrogen) atoms. The maximum absolute atomic E-state index is 12.0. The first kappa shape index (κ1) is 15.4. The van der Waals surface area contributed by atoms with E-state index in [1.165, 1.54) is 11.8 Å². The molecular weight excluding hydrogens is 339 g/mol. The lowest BCUT2D eigenvalue weighted by atomic mass is 10.0. The number of hydrogen-bond donors (Lipinski definition) is 1. The van der Waals surface area contributed by atoms with Gasteiger partial charge < -0.3 is 0 Å². The van der Waals surface area contributed by atoms with Crippen LogP contribution < -0.4 is 5.43 Å². The molecule has 3 nitrogen and oxygen atoms in total. The Balaban J connectivity index is 1.80. The summed E-state index contributed by atoms with van der Waals surface area (Å²) in [5.41, 5.74) is 4.25. The maximum Gasteiger partial charge on any atom is 0.253 e. The Morgan fingerprint density at radius 1 is 1.09 bits per heavy atom. The van der Waals surface area contributed by atoms with E-state index in [1.54, 1.807) is 12.1 Å². The summed E-state index contributed by atoms with van der Waals surface area (Å²) in [7, 11) is 0. The zero-order valence-corrected chi connectivity index (χ0v) is 13.8. The average molecular weight is 351 g/mol. The van der Waals surface area contributed by atoms with E-state index < -0.39 is 0 Å². The van der Waals surface area contributed by atoms with Crippen LogP contribution in [0.25, 0.3) is 0 Å². The summed E-state index contributed by atoms with van der Waals surface area (Å²) in [5.74, 6) is -0.0855. The van der Waals surface area contributed by atoms with E-state index in [0.29, 0.717) is 16.5 Å². The number of thioether (sulfide) groups is 1. The van der Waals surface area contributed by atoms with Crippen molar-refractivity contribution in [1.29, 1.82) is 0 Å². The smallest absolute Gasteiger partial charge is 0.253 e. The molecule has 0 aromatic heterocycles. The summed E-state index contributed by atoms with van der Waals surface area (Å²) >= 11 is 13.5. The highest BCUT2D eigenvalue weighted by Crippen LogP contribution is 2.29. The van der Waals surface area contributed by atoms with Gasteiger partial charge in [-0.2, -0.15) is 5.10 Å². The van der Waals surface area contributed by atoms with E-state index in [-0.39, 0.29) is 11.2 Å². The Labute approximate surface area is 142 Å². The predicted molar refractivity (Wildman–Crippen MR) is 91.8 cm³/mol. The summed E-state index contributed by atoms with van der Waals surface area (Å²) in [5, 5.41) is 4.91. The molecule has 0 saturated heterocycles. The number of carbonyl (C=O) groups excluding carboxylic acids is 1. The fourth-order valence-corrected chi connectivity index (χ4v) is 3.47. The van der Waals surface area contributed by atoms with Crippen molar-refractivity contribution in [3.8, 4) is 0 Å². The van der Waals surface area contributed by atoms with Crippen molar-refractivity contribution in [2.24, 2.45) is 5.10 Å². The third-order valence-electron chi connectivity index (χ3n) is 3.25.